The molecule has 1 aromatic rings. The van der Waals surface area contributed by atoms with Crippen LogP contribution in [0.5, 0.6) is 0 Å². The van der Waals surface area contributed by atoms with Crippen molar-refractivity contribution in [2.24, 2.45) is 5.92 Å². The lowest BCUT2D eigenvalue weighted by Crippen LogP contribution is -2.41. The van der Waals surface area contributed by atoms with E-state index in [4.69, 9.17) is 0 Å². The van der Waals surface area contributed by atoms with Gasteiger partial charge in [-0.15, -0.1) is 0 Å². The molecule has 1 aromatic heterocycles. The fraction of sp³-hybridized carbons (Fsp3) is 0.667. The van der Waals surface area contributed by atoms with Gasteiger partial charge in [0.2, 0.25) is 0 Å². The fourth-order valence-electron chi connectivity index (χ4n) is 3.26. The molecular formula is C18H28N4O. The molecule has 1 N–H and O–H groups in total. The summed E-state index contributed by atoms with van der Waals surface area (Å²) >= 11 is 0. The van der Waals surface area contributed by atoms with Crippen molar-refractivity contribution in [3.63, 3.8) is 0 Å². The van der Waals surface area contributed by atoms with Crippen molar-refractivity contribution in [1.82, 2.24) is 15.2 Å². The van der Waals surface area contributed by atoms with E-state index in [1.807, 2.05) is 12.1 Å². The molecule has 1 saturated carbocycles. The molecular weight excluding hydrogens is 288 g/mol. The molecule has 1 saturated heterocycles. The Kier molecular flexibility index (Phi) is 4.85. The monoisotopic (exact) mass is 316 g/mol. The zero-order chi connectivity index (χ0) is 16.4. The Bertz CT molecular complexity index is 548. The molecule has 0 spiro atoms. The number of rotatable bonds is 5. The molecule has 0 bridgehead atoms. The molecule has 0 aromatic carbocycles. The molecule has 0 radical (unpaired) electrons. The van der Waals surface area contributed by atoms with Gasteiger partial charge < -0.3 is 15.1 Å². The second kappa shape index (κ2) is 6.87. The zero-order valence-corrected chi connectivity index (χ0v) is 14.5. The Balaban J connectivity index is 1.60. The number of piperidine rings is 1. The van der Waals surface area contributed by atoms with E-state index in [2.05, 4.69) is 41.1 Å². The first-order valence-corrected chi connectivity index (χ1v) is 8.73. The van der Waals surface area contributed by atoms with Crippen LogP contribution in [0.4, 0.5) is 5.82 Å². The van der Waals surface area contributed by atoms with Crippen molar-refractivity contribution in [3.8, 4) is 0 Å². The molecule has 5 heteroatoms. The van der Waals surface area contributed by atoms with Crippen LogP contribution in [-0.4, -0.2) is 55.1 Å². The highest BCUT2D eigenvalue weighted by Gasteiger charge is 2.27. The standard InChI is InChI=1S/C18H28N4O/c1-13(21(2)3)14-7-10-22(11-8-14)17-12-15(6-9-19-17)18(23)20-16-4-5-16/h6,9,12-14,16H,4-5,7-8,10-11H2,1-3H3,(H,20,23)/t13-/m0/s1. The van der Waals surface area contributed by atoms with E-state index in [9.17, 15) is 4.79 Å². The molecule has 1 atom stereocenters. The lowest BCUT2D eigenvalue weighted by Gasteiger charge is -2.37. The number of hydrogen-bond acceptors (Lipinski definition) is 4. The van der Waals surface area contributed by atoms with E-state index in [1.165, 1.54) is 12.8 Å². The number of nitrogens with one attached hydrogen (secondary N) is 1. The number of carbonyl (C=O) groups excluding carboxylic acids is 1. The summed E-state index contributed by atoms with van der Waals surface area (Å²) in [6.07, 6.45) is 6.34. The van der Waals surface area contributed by atoms with Gasteiger partial charge >= 0.3 is 0 Å². The molecule has 2 aliphatic rings. The van der Waals surface area contributed by atoms with E-state index in [0.29, 0.717) is 12.1 Å². The van der Waals surface area contributed by atoms with Crippen LogP contribution in [0.25, 0.3) is 0 Å². The van der Waals surface area contributed by atoms with Crippen LogP contribution >= 0.6 is 0 Å². The Morgan fingerprint density at radius 2 is 2.00 bits per heavy atom. The first kappa shape index (κ1) is 16.2. The summed E-state index contributed by atoms with van der Waals surface area (Å²) in [5.41, 5.74) is 0.727. The van der Waals surface area contributed by atoms with Gasteiger partial charge in [0.15, 0.2) is 0 Å². The van der Waals surface area contributed by atoms with E-state index in [0.717, 1.165) is 43.2 Å². The summed E-state index contributed by atoms with van der Waals surface area (Å²) in [5, 5.41) is 3.04. The number of pyridine rings is 1. The molecule has 3 rings (SSSR count). The topological polar surface area (TPSA) is 48.5 Å². The summed E-state index contributed by atoms with van der Waals surface area (Å²) in [5.74, 6) is 1.71. The number of anilines is 1. The molecule has 126 valence electrons. The Morgan fingerprint density at radius 1 is 1.30 bits per heavy atom. The smallest absolute Gasteiger partial charge is 0.251 e. The SMILES string of the molecule is C[C@@H](C1CCN(c2cc(C(=O)NC3CC3)ccn2)CC1)N(C)C. The molecule has 2 fully saturated rings. The van der Waals surface area contributed by atoms with Gasteiger partial charge in [-0.3, -0.25) is 4.79 Å². The first-order valence-electron chi connectivity index (χ1n) is 8.73. The number of amides is 1. The van der Waals surface area contributed by atoms with Gasteiger partial charge in [0, 0.05) is 36.9 Å². The molecule has 23 heavy (non-hydrogen) atoms. The number of carbonyl (C=O) groups is 1. The second-order valence-corrected chi connectivity index (χ2v) is 7.18. The second-order valence-electron chi connectivity index (χ2n) is 7.18. The minimum Gasteiger partial charge on any atom is -0.357 e. The van der Waals surface area contributed by atoms with Gasteiger partial charge in [0.05, 0.1) is 0 Å². The summed E-state index contributed by atoms with van der Waals surface area (Å²) in [7, 11) is 4.31. The molecule has 1 aliphatic heterocycles. The summed E-state index contributed by atoms with van der Waals surface area (Å²) in [4.78, 5) is 21.3. The van der Waals surface area contributed by atoms with Crippen LogP contribution in [0.15, 0.2) is 18.3 Å². The van der Waals surface area contributed by atoms with Crippen LogP contribution in [0.2, 0.25) is 0 Å². The number of nitrogens with zero attached hydrogens (tertiary/aromatic N) is 3. The highest BCUT2D eigenvalue weighted by molar-refractivity contribution is 5.95. The van der Waals surface area contributed by atoms with Crippen LogP contribution < -0.4 is 10.2 Å². The van der Waals surface area contributed by atoms with E-state index >= 15 is 0 Å². The minimum atomic E-state index is 0.0345. The first-order chi connectivity index (χ1) is 11.0. The van der Waals surface area contributed by atoms with Crippen molar-refractivity contribution >= 4 is 11.7 Å². The molecule has 1 amide bonds. The quantitative estimate of drug-likeness (QED) is 0.904. The van der Waals surface area contributed by atoms with Gasteiger partial charge in [0.1, 0.15) is 5.82 Å². The average molecular weight is 316 g/mol. The van der Waals surface area contributed by atoms with E-state index in [1.54, 1.807) is 6.20 Å². The summed E-state index contributed by atoms with van der Waals surface area (Å²) in [6.45, 7) is 4.34. The van der Waals surface area contributed by atoms with Crippen molar-refractivity contribution in [2.45, 2.75) is 44.7 Å². The predicted octanol–water partition coefficient (Wildman–Crippen LogP) is 2.14. The summed E-state index contributed by atoms with van der Waals surface area (Å²) in [6, 6.07) is 4.75. The van der Waals surface area contributed by atoms with Crippen molar-refractivity contribution in [1.29, 1.82) is 0 Å². The zero-order valence-electron chi connectivity index (χ0n) is 14.5. The van der Waals surface area contributed by atoms with Crippen molar-refractivity contribution in [3.05, 3.63) is 23.9 Å². The Hall–Kier alpha value is -1.62. The van der Waals surface area contributed by atoms with E-state index < -0.39 is 0 Å². The fourth-order valence-corrected chi connectivity index (χ4v) is 3.26. The maximum atomic E-state index is 12.2. The molecule has 1 aliphatic carbocycles. The predicted molar refractivity (Wildman–Crippen MR) is 92.8 cm³/mol. The molecule has 0 unspecified atom stereocenters. The van der Waals surface area contributed by atoms with Crippen LogP contribution in [0, 0.1) is 5.92 Å². The average Bonchev–Trinajstić information content (AvgIpc) is 3.38. The normalized spacial score (nSPS) is 20.6. The lowest BCUT2D eigenvalue weighted by molar-refractivity contribution is 0.0951. The maximum absolute atomic E-state index is 12.2. The Labute approximate surface area is 139 Å². The highest BCUT2D eigenvalue weighted by Crippen LogP contribution is 2.26. The van der Waals surface area contributed by atoms with E-state index in [-0.39, 0.29) is 5.91 Å². The van der Waals surface area contributed by atoms with Gasteiger partial charge in [0.25, 0.3) is 5.91 Å². The van der Waals surface area contributed by atoms with Crippen molar-refractivity contribution in [2.75, 3.05) is 32.1 Å². The number of aromatic nitrogens is 1. The molecule has 5 nitrogen and oxygen atoms in total. The molecule has 2 heterocycles. The summed E-state index contributed by atoms with van der Waals surface area (Å²) < 4.78 is 0. The largest absolute Gasteiger partial charge is 0.357 e. The van der Waals surface area contributed by atoms with Gasteiger partial charge in [-0.1, -0.05) is 0 Å². The van der Waals surface area contributed by atoms with Crippen LogP contribution in [0.1, 0.15) is 43.0 Å². The van der Waals surface area contributed by atoms with Gasteiger partial charge in [-0.2, -0.15) is 0 Å². The highest BCUT2D eigenvalue weighted by atomic mass is 16.1. The third-order valence-corrected chi connectivity index (χ3v) is 5.28. The van der Waals surface area contributed by atoms with Gasteiger partial charge in [-0.25, -0.2) is 4.98 Å². The maximum Gasteiger partial charge on any atom is 0.251 e. The van der Waals surface area contributed by atoms with Crippen LogP contribution in [0.3, 0.4) is 0 Å². The number of hydrogen-bond donors (Lipinski definition) is 1. The van der Waals surface area contributed by atoms with Crippen LogP contribution in [-0.2, 0) is 0 Å². The Morgan fingerprint density at radius 3 is 2.61 bits per heavy atom. The third-order valence-electron chi connectivity index (χ3n) is 5.28. The third kappa shape index (κ3) is 4.02. The van der Waals surface area contributed by atoms with Gasteiger partial charge in [-0.05, 0) is 64.8 Å². The van der Waals surface area contributed by atoms with Crippen molar-refractivity contribution < 1.29 is 4.79 Å². The lowest BCUT2D eigenvalue weighted by atomic mass is 9.90. The minimum absolute atomic E-state index is 0.0345.